The van der Waals surface area contributed by atoms with E-state index >= 15 is 0 Å². The molecule has 4 aliphatic rings. The van der Waals surface area contributed by atoms with Crippen molar-refractivity contribution >= 4 is 25.0 Å². The fourth-order valence-corrected chi connectivity index (χ4v) is 16.7. The monoisotopic (exact) mass is 789 g/mol. The van der Waals surface area contributed by atoms with E-state index < -0.39 is 25.0 Å². The molecule has 0 aromatic carbocycles. The van der Waals surface area contributed by atoms with Gasteiger partial charge in [-0.05, 0) is 142 Å². The summed E-state index contributed by atoms with van der Waals surface area (Å²) in [5, 5.41) is 0.372. The summed E-state index contributed by atoms with van der Waals surface area (Å²) in [4.78, 5) is 0. The van der Waals surface area contributed by atoms with Crippen molar-refractivity contribution in [2.24, 2.45) is 28.6 Å². The summed E-state index contributed by atoms with van der Waals surface area (Å²) in [6.07, 6.45) is 17.3. The Morgan fingerprint density at radius 2 is 1.34 bits per heavy atom. The molecule has 7 heteroatoms. The van der Waals surface area contributed by atoms with Gasteiger partial charge in [0.15, 0.2) is 25.0 Å². The average molecular weight is 789 g/mol. The summed E-state index contributed by atoms with van der Waals surface area (Å²) in [7, 11) is -5.59. The smallest absolute Gasteiger partial charge is 0.192 e. The van der Waals surface area contributed by atoms with Gasteiger partial charge in [-0.2, -0.15) is 0 Å². The van der Waals surface area contributed by atoms with Gasteiger partial charge in [0.05, 0.1) is 17.8 Å². The Labute approximate surface area is 333 Å². The highest BCUT2D eigenvalue weighted by Crippen LogP contribution is 2.66. The van der Waals surface area contributed by atoms with Crippen molar-refractivity contribution in [3.8, 4) is 0 Å². The molecule has 4 rings (SSSR count). The minimum atomic E-state index is -2.02. The molecule has 0 bridgehead atoms. The fourth-order valence-electron chi connectivity index (χ4n) is 10.7. The first-order valence-corrected chi connectivity index (χ1v) is 30.8. The predicted molar refractivity (Wildman–Crippen MR) is 236 cm³/mol. The van der Waals surface area contributed by atoms with Crippen LogP contribution < -0.4 is 0 Å². The maximum Gasteiger partial charge on any atom is 0.192 e. The van der Waals surface area contributed by atoms with Crippen LogP contribution in [-0.4, -0.2) is 56.0 Å². The molecule has 0 heterocycles. The first kappa shape index (κ1) is 45.7. The molecule has 3 fully saturated rings. The standard InChI is InChI=1S/C46H88O4Si3/c1-18-46(19-2,50-53(20-3,21-4)22-5)29-23-31-47-34-36-25-27-39-38-26-24-35-32-37(48-51(14,15)42(6,7)8)33-41(49-52(16,17)43(9,10)11)45(35,13)40(38)28-30-44(36,39)12/h24,26,36-37,39-41H,18-23,25,27-34H2,1-17H3/t36-,37-,39+,40+,41+,44-,45+/m1/s1. The van der Waals surface area contributed by atoms with E-state index in [9.17, 15) is 0 Å². The third-order valence-corrected chi connectivity index (χ3v) is 31.0. The lowest BCUT2D eigenvalue weighted by molar-refractivity contribution is -0.0474. The van der Waals surface area contributed by atoms with E-state index in [0.717, 1.165) is 51.7 Å². The lowest BCUT2D eigenvalue weighted by Gasteiger charge is -2.59. The average Bonchev–Trinajstić information content (AvgIpc) is 3.41. The Hall–Kier alpha value is -0.0294. The number of rotatable bonds is 17. The zero-order valence-electron chi connectivity index (χ0n) is 38.3. The van der Waals surface area contributed by atoms with E-state index in [-0.39, 0.29) is 33.3 Å². The molecule has 0 saturated heterocycles. The van der Waals surface area contributed by atoms with Gasteiger partial charge in [0.25, 0.3) is 0 Å². The van der Waals surface area contributed by atoms with E-state index in [1.165, 1.54) is 43.8 Å². The Kier molecular flexibility index (Phi) is 14.4. The molecule has 0 aromatic rings. The zero-order valence-corrected chi connectivity index (χ0v) is 41.3. The quantitative estimate of drug-likeness (QED) is 0.109. The van der Waals surface area contributed by atoms with Gasteiger partial charge in [0, 0.05) is 18.6 Å². The number of hydrogen-bond acceptors (Lipinski definition) is 4. The number of allylic oxidation sites excluding steroid dienone is 3. The highest BCUT2D eigenvalue weighted by atomic mass is 28.4. The molecule has 0 amide bonds. The normalized spacial score (nSPS) is 31.5. The van der Waals surface area contributed by atoms with Gasteiger partial charge in [-0.25, -0.2) is 0 Å². The molecule has 3 saturated carbocycles. The number of ether oxygens (including phenoxy) is 1. The van der Waals surface area contributed by atoms with E-state index in [0.29, 0.717) is 23.2 Å². The SMILES string of the molecule is CCC(CC)(CCCOC[C@H]1CC[C@H]2C3=CC=C4C[C@@H](O[Si](C)(C)C(C)(C)C)C[C@H](O[Si](C)(C)C(C)(C)C)[C@]4(C)[C@H]3CC[C@]12C)O[Si](CC)(CC)CC. The van der Waals surface area contributed by atoms with Crippen LogP contribution in [-0.2, 0) is 18.0 Å². The molecule has 308 valence electrons. The van der Waals surface area contributed by atoms with Crippen LogP contribution in [0.15, 0.2) is 23.3 Å². The topological polar surface area (TPSA) is 36.9 Å². The van der Waals surface area contributed by atoms with Crippen molar-refractivity contribution in [2.45, 2.75) is 226 Å². The van der Waals surface area contributed by atoms with Crippen molar-refractivity contribution in [1.29, 1.82) is 0 Å². The Morgan fingerprint density at radius 1 is 0.755 bits per heavy atom. The Balaban J connectivity index is 1.50. The second-order valence-corrected chi connectivity index (χ2v) is 36.0. The van der Waals surface area contributed by atoms with Crippen molar-refractivity contribution < 1.29 is 18.0 Å². The Bertz CT molecular complexity index is 1270. The molecule has 4 aliphatic carbocycles. The van der Waals surface area contributed by atoms with Crippen LogP contribution in [0.5, 0.6) is 0 Å². The van der Waals surface area contributed by atoms with Gasteiger partial charge in [0.2, 0.25) is 0 Å². The number of fused-ring (bicyclic) bond motifs is 5. The van der Waals surface area contributed by atoms with E-state index in [1.54, 1.807) is 11.1 Å². The summed E-state index contributed by atoms with van der Waals surface area (Å²) in [5.41, 5.74) is 3.71. The second kappa shape index (κ2) is 16.7. The molecule has 7 atom stereocenters. The summed E-state index contributed by atoms with van der Waals surface area (Å²) < 4.78 is 28.6. The first-order valence-electron chi connectivity index (χ1n) is 22.5. The van der Waals surface area contributed by atoms with Crippen LogP contribution in [0.3, 0.4) is 0 Å². The summed E-state index contributed by atoms with van der Waals surface area (Å²) in [6.45, 7) is 42.9. The molecule has 4 nitrogen and oxygen atoms in total. The molecule has 0 radical (unpaired) electrons. The minimum absolute atomic E-state index is 0.0263. The van der Waals surface area contributed by atoms with Gasteiger partial charge in [-0.15, -0.1) is 0 Å². The zero-order chi connectivity index (χ0) is 39.9. The lowest BCUT2D eigenvalue weighted by atomic mass is 9.50. The predicted octanol–water partition coefficient (Wildman–Crippen LogP) is 14.3. The minimum Gasteiger partial charge on any atom is -0.414 e. The second-order valence-electron chi connectivity index (χ2n) is 21.8. The third-order valence-electron chi connectivity index (χ3n) is 17.2. The van der Waals surface area contributed by atoms with Crippen molar-refractivity contribution in [2.75, 3.05) is 13.2 Å². The van der Waals surface area contributed by atoms with E-state index in [2.05, 4.69) is 128 Å². The molecule has 0 N–H and O–H groups in total. The van der Waals surface area contributed by atoms with Gasteiger partial charge >= 0.3 is 0 Å². The van der Waals surface area contributed by atoms with Gasteiger partial charge in [-0.3, -0.25) is 0 Å². The molecular formula is C46H88O4Si3. The molecule has 53 heavy (non-hydrogen) atoms. The maximum absolute atomic E-state index is 7.59. The maximum atomic E-state index is 7.59. The molecule has 0 aliphatic heterocycles. The van der Waals surface area contributed by atoms with Crippen LogP contribution in [0.4, 0.5) is 0 Å². The van der Waals surface area contributed by atoms with E-state index in [1.807, 2.05) is 0 Å². The summed E-state index contributed by atoms with van der Waals surface area (Å²) in [6, 6.07) is 3.68. The highest BCUT2D eigenvalue weighted by molar-refractivity contribution is 6.74. The van der Waals surface area contributed by atoms with Crippen LogP contribution in [0.1, 0.15) is 154 Å². The molecule has 0 unspecified atom stereocenters. The van der Waals surface area contributed by atoms with Crippen molar-refractivity contribution in [3.63, 3.8) is 0 Å². The summed E-state index contributed by atoms with van der Waals surface area (Å²) >= 11 is 0. The third kappa shape index (κ3) is 9.02. The van der Waals surface area contributed by atoms with Gasteiger partial charge in [0.1, 0.15) is 0 Å². The van der Waals surface area contributed by atoms with Gasteiger partial charge in [-0.1, -0.05) is 113 Å². The lowest BCUT2D eigenvalue weighted by Crippen LogP contribution is -2.58. The van der Waals surface area contributed by atoms with Crippen LogP contribution >= 0.6 is 0 Å². The molecule has 0 spiro atoms. The molecule has 0 aromatic heterocycles. The molecular weight excluding hydrogens is 701 g/mol. The Morgan fingerprint density at radius 3 is 1.89 bits per heavy atom. The van der Waals surface area contributed by atoms with Crippen LogP contribution in [0.25, 0.3) is 0 Å². The van der Waals surface area contributed by atoms with E-state index in [4.69, 9.17) is 18.0 Å². The largest absolute Gasteiger partial charge is 0.414 e. The first-order chi connectivity index (χ1) is 24.4. The summed E-state index contributed by atoms with van der Waals surface area (Å²) in [5.74, 6) is 1.85. The highest BCUT2D eigenvalue weighted by Gasteiger charge is 2.60. The van der Waals surface area contributed by atoms with Crippen molar-refractivity contribution in [3.05, 3.63) is 23.3 Å². The van der Waals surface area contributed by atoms with Crippen LogP contribution in [0.2, 0.25) is 54.4 Å². The van der Waals surface area contributed by atoms with Crippen LogP contribution in [0, 0.1) is 28.6 Å². The van der Waals surface area contributed by atoms with Gasteiger partial charge < -0.3 is 18.0 Å². The fraction of sp³-hybridized carbons (Fsp3) is 0.913. The van der Waals surface area contributed by atoms with Crippen molar-refractivity contribution in [1.82, 2.24) is 0 Å². The number of hydrogen-bond donors (Lipinski definition) is 0.